The van der Waals surface area contributed by atoms with Crippen molar-refractivity contribution in [2.75, 3.05) is 26.9 Å². The van der Waals surface area contributed by atoms with Gasteiger partial charge in [-0.1, -0.05) is 50.2 Å². The van der Waals surface area contributed by atoms with Crippen LogP contribution in [0, 0.1) is 5.92 Å². The molecule has 202 valence electrons. The van der Waals surface area contributed by atoms with E-state index in [0.717, 1.165) is 22.6 Å². The van der Waals surface area contributed by atoms with Crippen molar-refractivity contribution in [3.05, 3.63) is 84.3 Å². The van der Waals surface area contributed by atoms with Gasteiger partial charge in [-0.25, -0.2) is 4.68 Å². The Hall–Kier alpha value is -3.59. The van der Waals surface area contributed by atoms with Crippen molar-refractivity contribution in [2.45, 2.75) is 33.0 Å². The largest absolute Gasteiger partial charge is 0.497 e. The molecular formula is C30H37N3O5. The molecule has 0 radical (unpaired) electrons. The van der Waals surface area contributed by atoms with Gasteiger partial charge in [-0.3, -0.25) is 4.90 Å². The van der Waals surface area contributed by atoms with Crippen LogP contribution < -0.4 is 9.47 Å². The topological polar surface area (TPSA) is 82.1 Å². The number of ether oxygens (including phenoxy) is 3. The molecule has 2 heterocycles. The summed E-state index contributed by atoms with van der Waals surface area (Å²) in [5, 5.41) is 15.7. The summed E-state index contributed by atoms with van der Waals surface area (Å²) in [6.07, 6.45) is 0.996. The molecule has 0 aliphatic heterocycles. The molecule has 2 aromatic heterocycles. The highest BCUT2D eigenvalue weighted by Crippen LogP contribution is 2.35. The molecule has 0 saturated carbocycles. The number of methoxy groups -OCH3 is 1. The van der Waals surface area contributed by atoms with Gasteiger partial charge >= 0.3 is 0 Å². The van der Waals surface area contributed by atoms with Crippen molar-refractivity contribution in [3.63, 3.8) is 0 Å². The summed E-state index contributed by atoms with van der Waals surface area (Å²) in [5.74, 6) is 3.18. The van der Waals surface area contributed by atoms with Crippen molar-refractivity contribution in [1.82, 2.24) is 14.7 Å². The normalized spacial score (nSPS) is 12.3. The number of aliphatic hydroxyl groups excluding tert-OH is 1. The molecule has 4 aromatic rings. The van der Waals surface area contributed by atoms with Gasteiger partial charge in [0.1, 0.15) is 23.0 Å². The van der Waals surface area contributed by atoms with Gasteiger partial charge in [0.25, 0.3) is 0 Å². The number of rotatable bonds is 14. The van der Waals surface area contributed by atoms with Crippen molar-refractivity contribution in [2.24, 2.45) is 13.0 Å². The Morgan fingerprint density at radius 2 is 1.76 bits per heavy atom. The number of nitrogens with zero attached hydrogens (tertiary/aromatic N) is 3. The minimum atomic E-state index is -0.664. The van der Waals surface area contributed by atoms with Crippen LogP contribution >= 0.6 is 0 Å². The van der Waals surface area contributed by atoms with Crippen LogP contribution in [0.5, 0.6) is 17.4 Å². The minimum Gasteiger partial charge on any atom is -0.497 e. The summed E-state index contributed by atoms with van der Waals surface area (Å²) in [7, 11) is 3.50. The number of hydrogen-bond acceptors (Lipinski definition) is 7. The lowest BCUT2D eigenvalue weighted by Crippen LogP contribution is -2.34. The fourth-order valence-corrected chi connectivity index (χ4v) is 4.25. The highest BCUT2D eigenvalue weighted by atomic mass is 16.5. The maximum absolute atomic E-state index is 10.8. The molecule has 0 bridgehead atoms. The lowest BCUT2D eigenvalue weighted by atomic mass is 10.1. The third-order valence-corrected chi connectivity index (χ3v) is 5.96. The zero-order valence-electron chi connectivity index (χ0n) is 22.5. The molecule has 0 unspecified atom stereocenters. The second kappa shape index (κ2) is 13.3. The number of aryl methyl sites for hydroxylation is 1. The number of furan rings is 1. The Morgan fingerprint density at radius 1 is 0.974 bits per heavy atom. The second-order valence-corrected chi connectivity index (χ2v) is 9.74. The lowest BCUT2D eigenvalue weighted by molar-refractivity contribution is 0.00453. The molecule has 1 N–H and O–H groups in total. The average Bonchev–Trinajstić information content (AvgIpc) is 3.52. The molecule has 0 spiro atoms. The number of aliphatic hydroxyl groups is 1. The first kappa shape index (κ1) is 27.4. The highest BCUT2D eigenvalue weighted by Gasteiger charge is 2.24. The van der Waals surface area contributed by atoms with Crippen molar-refractivity contribution < 1.29 is 23.7 Å². The van der Waals surface area contributed by atoms with Crippen LogP contribution in [0.25, 0.3) is 11.3 Å². The van der Waals surface area contributed by atoms with Gasteiger partial charge in [0, 0.05) is 38.4 Å². The summed E-state index contributed by atoms with van der Waals surface area (Å²) in [6, 6.07) is 21.3. The van der Waals surface area contributed by atoms with E-state index in [0.29, 0.717) is 49.5 Å². The predicted octanol–water partition coefficient (Wildman–Crippen LogP) is 5.52. The molecule has 0 aliphatic rings. The van der Waals surface area contributed by atoms with Gasteiger partial charge < -0.3 is 23.7 Å². The third-order valence-electron chi connectivity index (χ3n) is 5.96. The van der Waals surface area contributed by atoms with E-state index < -0.39 is 6.10 Å². The lowest BCUT2D eigenvalue weighted by Gasteiger charge is -2.25. The van der Waals surface area contributed by atoms with Gasteiger partial charge in [-0.05, 0) is 30.2 Å². The Balaban J connectivity index is 1.66. The van der Waals surface area contributed by atoms with Crippen molar-refractivity contribution in [1.29, 1.82) is 0 Å². The van der Waals surface area contributed by atoms with Crippen LogP contribution in [0.4, 0.5) is 0 Å². The molecule has 0 aliphatic carbocycles. The molecule has 0 fully saturated rings. The zero-order chi connectivity index (χ0) is 26.9. The summed E-state index contributed by atoms with van der Waals surface area (Å²) in [6.45, 7) is 6.42. The summed E-state index contributed by atoms with van der Waals surface area (Å²) in [5.41, 5.74) is 2.71. The Morgan fingerprint density at radius 3 is 2.47 bits per heavy atom. The maximum Gasteiger partial charge on any atom is 0.222 e. The van der Waals surface area contributed by atoms with Crippen molar-refractivity contribution >= 4 is 0 Å². The van der Waals surface area contributed by atoms with Crippen LogP contribution in [-0.2, 0) is 24.9 Å². The van der Waals surface area contributed by atoms with E-state index in [-0.39, 0.29) is 6.61 Å². The first-order chi connectivity index (χ1) is 18.4. The van der Waals surface area contributed by atoms with Crippen LogP contribution in [0.15, 0.2) is 77.4 Å². The van der Waals surface area contributed by atoms with Crippen molar-refractivity contribution in [3.8, 4) is 28.6 Å². The number of hydrogen-bond donors (Lipinski definition) is 1. The van der Waals surface area contributed by atoms with Gasteiger partial charge in [0.15, 0.2) is 0 Å². The first-order valence-electron chi connectivity index (χ1n) is 12.9. The smallest absolute Gasteiger partial charge is 0.222 e. The number of aromatic nitrogens is 2. The molecule has 2 aromatic carbocycles. The molecule has 4 rings (SSSR count). The molecule has 1 atom stereocenters. The molecular weight excluding hydrogens is 482 g/mol. The third kappa shape index (κ3) is 7.47. The Labute approximate surface area is 224 Å². The molecule has 38 heavy (non-hydrogen) atoms. The zero-order valence-corrected chi connectivity index (χ0v) is 22.5. The standard InChI is InChI=1S/C30H37N3O5/c1-22(2)20-36-21-24(34)17-33(18-27-14-9-15-37-27)19-28-29(23-10-6-5-7-11-23)31-32(3)30(28)38-26-13-8-12-25(16-26)35-4/h5-16,22,24,34H,17-21H2,1-4H3/t24-/m0/s1. The fourth-order valence-electron chi connectivity index (χ4n) is 4.25. The molecule has 8 nitrogen and oxygen atoms in total. The van der Waals surface area contributed by atoms with E-state index >= 15 is 0 Å². The van der Waals surface area contributed by atoms with E-state index in [1.54, 1.807) is 18.1 Å². The second-order valence-electron chi connectivity index (χ2n) is 9.74. The fraction of sp³-hybridized carbons (Fsp3) is 0.367. The van der Waals surface area contributed by atoms with E-state index in [1.807, 2.05) is 73.8 Å². The SMILES string of the molecule is COc1cccc(Oc2c(CN(Cc3ccco3)C[C@H](O)COCC(C)C)c(-c3ccccc3)nn2C)c1. The summed E-state index contributed by atoms with van der Waals surface area (Å²) < 4.78 is 24.9. The monoisotopic (exact) mass is 519 g/mol. The van der Waals surface area contributed by atoms with E-state index in [2.05, 4.69) is 18.7 Å². The molecule has 8 heteroatoms. The van der Waals surface area contributed by atoms with Gasteiger partial charge in [-0.2, -0.15) is 5.10 Å². The quantitative estimate of drug-likeness (QED) is 0.235. The van der Waals surface area contributed by atoms with E-state index in [1.165, 1.54) is 0 Å². The summed E-state index contributed by atoms with van der Waals surface area (Å²) in [4.78, 5) is 2.13. The van der Waals surface area contributed by atoms with Crippen LogP contribution in [0.2, 0.25) is 0 Å². The van der Waals surface area contributed by atoms with Gasteiger partial charge in [0.05, 0.1) is 38.2 Å². The Kier molecular flexibility index (Phi) is 9.59. The van der Waals surface area contributed by atoms with E-state index in [4.69, 9.17) is 23.7 Å². The first-order valence-corrected chi connectivity index (χ1v) is 12.9. The summed E-state index contributed by atoms with van der Waals surface area (Å²) >= 11 is 0. The molecule has 0 saturated heterocycles. The molecule has 0 amide bonds. The average molecular weight is 520 g/mol. The predicted molar refractivity (Wildman–Crippen MR) is 146 cm³/mol. The van der Waals surface area contributed by atoms with Crippen LogP contribution in [0.1, 0.15) is 25.2 Å². The van der Waals surface area contributed by atoms with Crippen LogP contribution in [0.3, 0.4) is 0 Å². The minimum absolute atomic E-state index is 0.262. The van der Waals surface area contributed by atoms with E-state index in [9.17, 15) is 5.11 Å². The van der Waals surface area contributed by atoms with Gasteiger partial charge in [0.2, 0.25) is 5.88 Å². The number of benzene rings is 2. The van der Waals surface area contributed by atoms with Gasteiger partial charge in [-0.15, -0.1) is 0 Å². The Bertz CT molecular complexity index is 1250. The maximum atomic E-state index is 10.8. The van der Waals surface area contributed by atoms with Crippen LogP contribution in [-0.4, -0.2) is 52.8 Å². The highest BCUT2D eigenvalue weighted by molar-refractivity contribution is 5.65.